The second kappa shape index (κ2) is 4.17. The molecule has 2 aromatic rings. The van der Waals surface area contributed by atoms with E-state index in [0.717, 1.165) is 25.1 Å². The Bertz CT molecular complexity index is 535. The van der Waals surface area contributed by atoms with Gasteiger partial charge in [0.2, 0.25) is 0 Å². The van der Waals surface area contributed by atoms with E-state index in [1.54, 1.807) is 7.05 Å². The molecular formula is C13H17N5. The lowest BCUT2D eigenvalue weighted by atomic mass is 9.81. The van der Waals surface area contributed by atoms with E-state index >= 15 is 0 Å². The van der Waals surface area contributed by atoms with Crippen LogP contribution in [0.25, 0.3) is 0 Å². The van der Waals surface area contributed by atoms with Crippen LogP contribution >= 0.6 is 0 Å². The number of hydrogen-bond acceptors (Lipinski definition) is 4. The number of aromatic nitrogens is 4. The van der Waals surface area contributed by atoms with Crippen molar-refractivity contribution in [2.45, 2.75) is 19.3 Å². The van der Waals surface area contributed by atoms with Crippen molar-refractivity contribution in [2.75, 3.05) is 6.54 Å². The molecule has 18 heavy (non-hydrogen) atoms. The first-order chi connectivity index (χ1) is 8.71. The van der Waals surface area contributed by atoms with Crippen LogP contribution in [0.1, 0.15) is 17.0 Å². The van der Waals surface area contributed by atoms with Crippen molar-refractivity contribution in [3.05, 3.63) is 41.2 Å². The van der Waals surface area contributed by atoms with Crippen molar-refractivity contribution in [3.8, 4) is 0 Å². The van der Waals surface area contributed by atoms with Crippen LogP contribution in [0.2, 0.25) is 0 Å². The highest BCUT2D eigenvalue weighted by Crippen LogP contribution is 2.38. The molecule has 5 heteroatoms. The summed E-state index contributed by atoms with van der Waals surface area (Å²) in [5.74, 6) is 0.788. The van der Waals surface area contributed by atoms with Gasteiger partial charge in [0.05, 0.1) is 7.05 Å². The third-order valence-electron chi connectivity index (χ3n) is 3.77. The highest BCUT2D eigenvalue weighted by molar-refractivity contribution is 5.34. The molecule has 2 N–H and O–H groups in total. The largest absolute Gasteiger partial charge is 0.330 e. The summed E-state index contributed by atoms with van der Waals surface area (Å²) in [4.78, 5) is 1.50. The van der Waals surface area contributed by atoms with Gasteiger partial charge in [0.25, 0.3) is 0 Å². The van der Waals surface area contributed by atoms with Crippen LogP contribution in [0.15, 0.2) is 24.3 Å². The second-order valence-corrected chi connectivity index (χ2v) is 5.20. The molecule has 0 radical (unpaired) electrons. The van der Waals surface area contributed by atoms with Gasteiger partial charge in [0.15, 0.2) is 5.82 Å². The van der Waals surface area contributed by atoms with Crippen molar-refractivity contribution in [1.29, 1.82) is 0 Å². The van der Waals surface area contributed by atoms with Gasteiger partial charge in [-0.1, -0.05) is 24.3 Å². The van der Waals surface area contributed by atoms with E-state index in [2.05, 4.69) is 39.7 Å². The van der Waals surface area contributed by atoms with Crippen molar-refractivity contribution < 1.29 is 0 Å². The molecule has 5 nitrogen and oxygen atoms in total. The quantitative estimate of drug-likeness (QED) is 0.852. The summed E-state index contributed by atoms with van der Waals surface area (Å²) in [6, 6.07) is 8.56. The molecule has 0 spiro atoms. The molecule has 1 aromatic heterocycles. The van der Waals surface area contributed by atoms with Crippen LogP contribution < -0.4 is 5.73 Å². The zero-order valence-corrected chi connectivity index (χ0v) is 10.5. The van der Waals surface area contributed by atoms with E-state index in [9.17, 15) is 0 Å². The van der Waals surface area contributed by atoms with Crippen LogP contribution in [0.3, 0.4) is 0 Å². The maximum absolute atomic E-state index is 6.02. The van der Waals surface area contributed by atoms with Gasteiger partial charge in [-0.05, 0) is 41.1 Å². The van der Waals surface area contributed by atoms with Crippen molar-refractivity contribution in [1.82, 2.24) is 20.2 Å². The molecule has 0 saturated carbocycles. The molecule has 0 bridgehead atoms. The molecule has 1 aliphatic carbocycles. The zero-order valence-electron chi connectivity index (χ0n) is 10.5. The van der Waals surface area contributed by atoms with Crippen LogP contribution in [-0.4, -0.2) is 26.8 Å². The highest BCUT2D eigenvalue weighted by atomic mass is 15.6. The fourth-order valence-electron chi connectivity index (χ4n) is 2.84. The summed E-state index contributed by atoms with van der Waals surface area (Å²) in [5, 5.41) is 12.2. The normalized spacial score (nSPS) is 16.8. The lowest BCUT2D eigenvalue weighted by Gasteiger charge is -2.25. The van der Waals surface area contributed by atoms with E-state index < -0.39 is 0 Å². The summed E-state index contributed by atoms with van der Waals surface area (Å²) in [5.41, 5.74) is 8.90. The second-order valence-electron chi connectivity index (χ2n) is 5.20. The van der Waals surface area contributed by atoms with Crippen LogP contribution in [0, 0.1) is 5.41 Å². The van der Waals surface area contributed by atoms with Crippen LogP contribution in [0.5, 0.6) is 0 Å². The van der Waals surface area contributed by atoms with E-state index in [1.165, 1.54) is 15.9 Å². The fraction of sp³-hybridized carbons (Fsp3) is 0.462. The van der Waals surface area contributed by atoms with E-state index in [4.69, 9.17) is 5.73 Å². The number of benzene rings is 1. The molecule has 0 unspecified atom stereocenters. The smallest absolute Gasteiger partial charge is 0.175 e. The molecule has 0 saturated heterocycles. The summed E-state index contributed by atoms with van der Waals surface area (Å²) in [7, 11) is 1.79. The molecular weight excluding hydrogens is 226 g/mol. The minimum Gasteiger partial charge on any atom is -0.330 e. The van der Waals surface area contributed by atoms with Crippen molar-refractivity contribution >= 4 is 0 Å². The zero-order chi connectivity index (χ0) is 12.6. The molecule has 0 fully saturated rings. The lowest BCUT2D eigenvalue weighted by Crippen LogP contribution is -2.34. The molecule has 0 aliphatic heterocycles. The van der Waals surface area contributed by atoms with Gasteiger partial charge in [0, 0.05) is 6.42 Å². The fourth-order valence-corrected chi connectivity index (χ4v) is 2.84. The van der Waals surface area contributed by atoms with Gasteiger partial charge in [-0.3, -0.25) is 0 Å². The van der Waals surface area contributed by atoms with Gasteiger partial charge in [-0.15, -0.1) is 10.2 Å². The standard InChI is InChI=1S/C13H17N5/c1-18-16-12(15-17-18)8-13(9-14)6-10-4-2-3-5-11(10)7-13/h2-5H,6-9,14H2,1H3. The Hall–Kier alpha value is -1.75. The summed E-state index contributed by atoms with van der Waals surface area (Å²) < 4.78 is 0. The SMILES string of the molecule is Cn1nnc(CC2(CN)Cc3ccccc3C2)n1. The number of aryl methyl sites for hydroxylation is 1. The molecule has 0 amide bonds. The highest BCUT2D eigenvalue weighted by Gasteiger charge is 2.37. The van der Waals surface area contributed by atoms with Crippen molar-refractivity contribution in [3.63, 3.8) is 0 Å². The molecule has 1 aromatic carbocycles. The maximum Gasteiger partial charge on any atom is 0.175 e. The van der Waals surface area contributed by atoms with E-state index in [0.29, 0.717) is 6.54 Å². The Morgan fingerprint density at radius 3 is 2.44 bits per heavy atom. The Morgan fingerprint density at radius 1 is 1.28 bits per heavy atom. The third-order valence-corrected chi connectivity index (χ3v) is 3.77. The van der Waals surface area contributed by atoms with Crippen molar-refractivity contribution in [2.24, 2.45) is 18.2 Å². The topological polar surface area (TPSA) is 69.6 Å². The van der Waals surface area contributed by atoms with E-state index in [-0.39, 0.29) is 5.41 Å². The first-order valence-electron chi connectivity index (χ1n) is 6.20. The van der Waals surface area contributed by atoms with Gasteiger partial charge in [0.1, 0.15) is 0 Å². The molecule has 94 valence electrons. The first kappa shape index (κ1) is 11.3. The molecule has 1 aliphatic rings. The van der Waals surface area contributed by atoms with E-state index in [1.807, 2.05) is 0 Å². The Kier molecular flexibility index (Phi) is 2.63. The monoisotopic (exact) mass is 243 g/mol. The predicted molar refractivity (Wildman–Crippen MR) is 67.8 cm³/mol. The molecule has 0 atom stereocenters. The number of hydrogen-bond donors (Lipinski definition) is 1. The average molecular weight is 243 g/mol. The lowest BCUT2D eigenvalue weighted by molar-refractivity contribution is 0.307. The average Bonchev–Trinajstić information content (AvgIpc) is 2.93. The van der Waals surface area contributed by atoms with Crippen LogP contribution in [-0.2, 0) is 26.3 Å². The molecule has 3 rings (SSSR count). The van der Waals surface area contributed by atoms with Gasteiger partial charge in [-0.2, -0.15) is 4.80 Å². The first-order valence-corrected chi connectivity index (χ1v) is 6.20. The predicted octanol–water partition coefficient (Wildman–Crippen LogP) is 0.496. The van der Waals surface area contributed by atoms with Gasteiger partial charge >= 0.3 is 0 Å². The summed E-state index contributed by atoms with van der Waals surface area (Å²) in [6.07, 6.45) is 2.82. The Balaban J connectivity index is 1.86. The van der Waals surface area contributed by atoms with Gasteiger partial charge in [-0.25, -0.2) is 0 Å². The Labute approximate surface area is 106 Å². The van der Waals surface area contributed by atoms with Crippen LogP contribution in [0.4, 0.5) is 0 Å². The minimum atomic E-state index is 0.0622. The summed E-state index contributed by atoms with van der Waals surface area (Å²) >= 11 is 0. The Morgan fingerprint density at radius 2 is 1.94 bits per heavy atom. The number of nitrogens with two attached hydrogens (primary N) is 1. The maximum atomic E-state index is 6.02. The van der Waals surface area contributed by atoms with Gasteiger partial charge < -0.3 is 5.73 Å². The number of tetrazole rings is 1. The summed E-state index contributed by atoms with van der Waals surface area (Å²) in [6.45, 7) is 0.653. The number of nitrogens with zero attached hydrogens (tertiary/aromatic N) is 4. The minimum absolute atomic E-state index is 0.0622. The number of rotatable bonds is 3. The number of fused-ring (bicyclic) bond motifs is 1. The molecule has 1 heterocycles. The third kappa shape index (κ3) is 1.90.